The van der Waals surface area contributed by atoms with Crippen LogP contribution >= 0.6 is 0 Å². The number of hydrogen-bond donors (Lipinski definition) is 0. The van der Waals surface area contributed by atoms with Gasteiger partial charge in [-0.05, 0) is 77.7 Å². The Morgan fingerprint density at radius 2 is 1.49 bits per heavy atom. The van der Waals surface area contributed by atoms with Crippen molar-refractivity contribution in [3.05, 3.63) is 77.1 Å². The second-order valence-corrected chi connectivity index (χ2v) is 8.76. The van der Waals surface area contributed by atoms with E-state index in [1.165, 1.54) is 39.5 Å². The number of ether oxygens (including phenoxy) is 6. The summed E-state index contributed by atoms with van der Waals surface area (Å²) in [7, 11) is 7.77. The van der Waals surface area contributed by atoms with Crippen LogP contribution in [0.15, 0.2) is 54.6 Å². The molecule has 1 heterocycles. The van der Waals surface area contributed by atoms with Crippen LogP contribution < -0.4 is 28.4 Å². The Hall–Kier alpha value is -4.40. The second kappa shape index (κ2) is 12.4. The molecule has 9 heteroatoms. The molecule has 0 bridgehead atoms. The molecule has 1 atom stereocenters. The molecule has 0 aromatic heterocycles. The van der Waals surface area contributed by atoms with Gasteiger partial charge in [0.2, 0.25) is 11.7 Å². The lowest BCUT2D eigenvalue weighted by Gasteiger charge is -2.37. The second-order valence-electron chi connectivity index (χ2n) is 8.76. The maximum Gasteiger partial charge on any atom is 0.247 e. The van der Waals surface area contributed by atoms with Crippen LogP contribution in [-0.2, 0) is 11.2 Å². The van der Waals surface area contributed by atoms with Crippen LogP contribution in [0, 0.1) is 5.82 Å². The number of amides is 1. The standard InChI is InChI=1S/C30H32FNO7/c1-34-25-16-20-12-13-32(29(33)11-6-19-14-27(36-3)30(38-5)28(15-19)37-4)24(23(20)17-26(25)35-2)18-39-22-9-7-21(31)8-10-22/h6-11,14-17,24H,12-13,18H2,1-5H3. The number of halogens is 1. The first-order chi connectivity index (χ1) is 18.9. The van der Waals surface area contributed by atoms with Gasteiger partial charge in [0.1, 0.15) is 18.2 Å². The summed E-state index contributed by atoms with van der Waals surface area (Å²) in [4.78, 5) is 15.3. The number of hydrogen-bond acceptors (Lipinski definition) is 7. The average Bonchev–Trinajstić information content (AvgIpc) is 2.97. The molecular formula is C30H32FNO7. The average molecular weight is 538 g/mol. The Morgan fingerprint density at radius 3 is 2.08 bits per heavy atom. The Labute approximate surface area is 227 Å². The lowest BCUT2D eigenvalue weighted by atomic mass is 9.92. The van der Waals surface area contributed by atoms with Crippen LogP contribution in [0.3, 0.4) is 0 Å². The van der Waals surface area contributed by atoms with Gasteiger partial charge in [-0.2, -0.15) is 0 Å². The predicted octanol–water partition coefficient (Wildman–Crippen LogP) is 5.09. The topological polar surface area (TPSA) is 75.7 Å². The fraction of sp³-hybridized carbons (Fsp3) is 0.300. The van der Waals surface area contributed by atoms with E-state index in [1.807, 2.05) is 12.1 Å². The van der Waals surface area contributed by atoms with Crippen molar-refractivity contribution in [3.8, 4) is 34.5 Å². The summed E-state index contributed by atoms with van der Waals surface area (Å²) in [5, 5.41) is 0. The molecule has 0 fully saturated rings. The Balaban J connectivity index is 1.65. The summed E-state index contributed by atoms with van der Waals surface area (Å²) >= 11 is 0. The van der Waals surface area contributed by atoms with Crippen molar-refractivity contribution in [3.63, 3.8) is 0 Å². The van der Waals surface area contributed by atoms with Gasteiger partial charge in [0, 0.05) is 12.6 Å². The van der Waals surface area contributed by atoms with Crippen molar-refractivity contribution in [1.29, 1.82) is 0 Å². The van der Waals surface area contributed by atoms with E-state index in [2.05, 4.69) is 0 Å². The molecule has 8 nitrogen and oxygen atoms in total. The molecule has 1 unspecified atom stereocenters. The van der Waals surface area contributed by atoms with E-state index in [1.54, 1.807) is 49.5 Å². The largest absolute Gasteiger partial charge is 0.493 e. The molecule has 0 saturated carbocycles. The number of nitrogens with zero attached hydrogens (tertiary/aromatic N) is 1. The molecule has 1 aliphatic rings. The zero-order valence-corrected chi connectivity index (χ0v) is 22.7. The van der Waals surface area contributed by atoms with Crippen molar-refractivity contribution in [2.45, 2.75) is 12.5 Å². The predicted molar refractivity (Wildman–Crippen MR) is 145 cm³/mol. The molecule has 3 aromatic carbocycles. The third kappa shape index (κ3) is 6.03. The molecule has 0 N–H and O–H groups in total. The van der Waals surface area contributed by atoms with Gasteiger partial charge >= 0.3 is 0 Å². The summed E-state index contributed by atoms with van der Waals surface area (Å²) < 4.78 is 46.7. The maximum absolute atomic E-state index is 13.5. The molecule has 4 rings (SSSR count). The van der Waals surface area contributed by atoms with Crippen LogP contribution in [0.5, 0.6) is 34.5 Å². The highest BCUT2D eigenvalue weighted by molar-refractivity contribution is 5.92. The van der Waals surface area contributed by atoms with Crippen molar-refractivity contribution in [2.75, 3.05) is 48.7 Å². The van der Waals surface area contributed by atoms with Gasteiger partial charge in [-0.3, -0.25) is 4.79 Å². The third-order valence-electron chi connectivity index (χ3n) is 6.61. The van der Waals surface area contributed by atoms with Crippen molar-refractivity contribution in [1.82, 2.24) is 4.90 Å². The van der Waals surface area contributed by atoms with Gasteiger partial charge in [0.05, 0.1) is 41.6 Å². The SMILES string of the molecule is COc1cc2c(cc1OC)C(COc1ccc(F)cc1)N(C(=O)C=Cc1cc(OC)c(OC)c(OC)c1)CC2. The van der Waals surface area contributed by atoms with E-state index in [0.29, 0.717) is 53.0 Å². The highest BCUT2D eigenvalue weighted by atomic mass is 19.1. The minimum absolute atomic E-state index is 0.165. The van der Waals surface area contributed by atoms with E-state index < -0.39 is 6.04 Å². The first-order valence-corrected chi connectivity index (χ1v) is 12.3. The molecule has 0 aliphatic carbocycles. The van der Waals surface area contributed by atoms with Crippen LogP contribution in [0.2, 0.25) is 0 Å². The third-order valence-corrected chi connectivity index (χ3v) is 6.61. The van der Waals surface area contributed by atoms with Crippen molar-refractivity contribution < 1.29 is 37.6 Å². The lowest BCUT2D eigenvalue weighted by Crippen LogP contribution is -2.41. The Morgan fingerprint density at radius 1 is 0.872 bits per heavy atom. The van der Waals surface area contributed by atoms with Crippen LogP contribution in [0.25, 0.3) is 6.08 Å². The first kappa shape index (κ1) is 27.6. The number of benzene rings is 3. The minimum atomic E-state index is -0.421. The van der Waals surface area contributed by atoms with Crippen LogP contribution in [-0.4, -0.2) is 59.5 Å². The highest BCUT2D eigenvalue weighted by Crippen LogP contribution is 2.40. The summed E-state index contributed by atoms with van der Waals surface area (Å²) in [6.45, 7) is 0.635. The van der Waals surface area contributed by atoms with Crippen LogP contribution in [0.1, 0.15) is 22.7 Å². The summed E-state index contributed by atoms with van der Waals surface area (Å²) in [6.07, 6.45) is 3.85. The van der Waals surface area contributed by atoms with E-state index in [9.17, 15) is 9.18 Å². The number of methoxy groups -OCH3 is 5. The summed E-state index contributed by atoms with van der Waals surface area (Å²) in [6, 6.07) is 12.7. The molecule has 1 aliphatic heterocycles. The summed E-state index contributed by atoms with van der Waals surface area (Å²) in [5.41, 5.74) is 2.65. The Bertz CT molecular complexity index is 1310. The van der Waals surface area contributed by atoms with Gasteiger partial charge in [-0.25, -0.2) is 4.39 Å². The minimum Gasteiger partial charge on any atom is -0.493 e. The van der Waals surface area contributed by atoms with Gasteiger partial charge in [0.15, 0.2) is 23.0 Å². The Kier molecular flexibility index (Phi) is 8.81. The smallest absolute Gasteiger partial charge is 0.247 e. The van der Waals surface area contributed by atoms with E-state index >= 15 is 0 Å². The maximum atomic E-state index is 13.5. The molecule has 1 amide bonds. The van der Waals surface area contributed by atoms with Crippen molar-refractivity contribution >= 4 is 12.0 Å². The van der Waals surface area contributed by atoms with Crippen molar-refractivity contribution in [2.24, 2.45) is 0 Å². The fourth-order valence-corrected chi connectivity index (χ4v) is 4.64. The van der Waals surface area contributed by atoms with Gasteiger partial charge in [-0.15, -0.1) is 0 Å². The van der Waals surface area contributed by atoms with Gasteiger partial charge < -0.3 is 33.3 Å². The zero-order valence-electron chi connectivity index (χ0n) is 22.7. The number of fused-ring (bicyclic) bond motifs is 1. The molecule has 0 spiro atoms. The van der Waals surface area contributed by atoms with E-state index in [-0.39, 0.29) is 18.3 Å². The molecular weight excluding hydrogens is 505 g/mol. The van der Waals surface area contributed by atoms with E-state index in [0.717, 1.165) is 11.1 Å². The molecule has 206 valence electrons. The fourth-order valence-electron chi connectivity index (χ4n) is 4.64. The normalized spacial score (nSPS) is 14.5. The monoisotopic (exact) mass is 537 g/mol. The number of rotatable bonds is 10. The first-order valence-electron chi connectivity index (χ1n) is 12.3. The lowest BCUT2D eigenvalue weighted by molar-refractivity contribution is -0.129. The van der Waals surface area contributed by atoms with E-state index in [4.69, 9.17) is 28.4 Å². The molecule has 39 heavy (non-hydrogen) atoms. The quantitative estimate of drug-likeness (QED) is 0.334. The number of carbonyl (C=O) groups is 1. The molecule has 3 aromatic rings. The van der Waals surface area contributed by atoms with Crippen LogP contribution in [0.4, 0.5) is 4.39 Å². The van der Waals surface area contributed by atoms with Gasteiger partial charge in [0.25, 0.3) is 0 Å². The summed E-state index contributed by atoms with van der Waals surface area (Å²) in [5.74, 6) is 2.59. The zero-order chi connectivity index (χ0) is 27.9. The van der Waals surface area contributed by atoms with Gasteiger partial charge in [-0.1, -0.05) is 0 Å². The number of carbonyl (C=O) groups excluding carboxylic acids is 1. The molecule has 0 saturated heterocycles. The molecule has 0 radical (unpaired) electrons. The highest BCUT2D eigenvalue weighted by Gasteiger charge is 2.32.